The predicted molar refractivity (Wildman–Crippen MR) is 59.8 cm³/mol. The molecule has 0 heterocycles. The van der Waals surface area contributed by atoms with Crippen LogP contribution in [0, 0.1) is 0 Å². The van der Waals surface area contributed by atoms with Gasteiger partial charge in [0, 0.05) is 6.54 Å². The smallest absolute Gasteiger partial charge is 0.0718 e. The van der Waals surface area contributed by atoms with Gasteiger partial charge in [0.15, 0.2) is 0 Å². The molecule has 0 aliphatic heterocycles. The Morgan fingerprint density at radius 1 is 1.15 bits per heavy atom. The summed E-state index contributed by atoms with van der Waals surface area (Å²) in [5.41, 5.74) is 4.58. The standard InChI is InChI=1S/C8H13N3.C2H6/c1-2-10-7-5-3-4-6-8(7)11-9;1-2/h3-6,10-11H,2,9H2,1H3;1-2H3. The molecular weight excluding hydrogens is 162 g/mol. The second-order valence-electron chi connectivity index (χ2n) is 2.22. The molecule has 4 N–H and O–H groups in total. The van der Waals surface area contributed by atoms with Crippen LogP contribution in [0.25, 0.3) is 0 Å². The molecule has 0 radical (unpaired) electrons. The zero-order valence-electron chi connectivity index (χ0n) is 8.59. The summed E-state index contributed by atoms with van der Waals surface area (Å²) in [5.74, 6) is 5.29. The average Bonchev–Trinajstić information content (AvgIpc) is 2.22. The quantitative estimate of drug-likeness (QED) is 0.496. The van der Waals surface area contributed by atoms with Gasteiger partial charge in [0.25, 0.3) is 0 Å². The maximum atomic E-state index is 5.29. The summed E-state index contributed by atoms with van der Waals surface area (Å²) in [5, 5.41) is 3.18. The Morgan fingerprint density at radius 2 is 1.69 bits per heavy atom. The lowest BCUT2D eigenvalue weighted by atomic mass is 10.3. The van der Waals surface area contributed by atoms with Gasteiger partial charge in [0.05, 0.1) is 11.4 Å². The van der Waals surface area contributed by atoms with E-state index < -0.39 is 0 Å². The second-order valence-corrected chi connectivity index (χ2v) is 2.22. The number of nitrogens with one attached hydrogen (secondary N) is 2. The lowest BCUT2D eigenvalue weighted by Gasteiger charge is -2.08. The number of para-hydroxylation sites is 2. The molecule has 0 saturated heterocycles. The van der Waals surface area contributed by atoms with Crippen molar-refractivity contribution in [3.05, 3.63) is 24.3 Å². The van der Waals surface area contributed by atoms with Crippen LogP contribution in [0.3, 0.4) is 0 Å². The molecule has 3 heteroatoms. The molecule has 0 aromatic heterocycles. The summed E-state index contributed by atoms with van der Waals surface area (Å²) >= 11 is 0. The maximum Gasteiger partial charge on any atom is 0.0718 e. The number of anilines is 2. The third kappa shape index (κ3) is 3.80. The van der Waals surface area contributed by atoms with Crippen molar-refractivity contribution in [1.82, 2.24) is 0 Å². The van der Waals surface area contributed by atoms with Crippen molar-refractivity contribution in [3.63, 3.8) is 0 Å². The summed E-state index contributed by atoms with van der Waals surface area (Å²) in [6.45, 7) is 6.95. The molecule has 13 heavy (non-hydrogen) atoms. The highest BCUT2D eigenvalue weighted by molar-refractivity contribution is 5.67. The Hall–Kier alpha value is -1.22. The molecule has 0 saturated carbocycles. The fourth-order valence-electron chi connectivity index (χ4n) is 0.954. The molecule has 74 valence electrons. The highest BCUT2D eigenvalue weighted by atomic mass is 15.2. The van der Waals surface area contributed by atoms with E-state index in [-0.39, 0.29) is 0 Å². The Morgan fingerprint density at radius 3 is 2.15 bits per heavy atom. The van der Waals surface area contributed by atoms with E-state index in [1.807, 2.05) is 45.0 Å². The van der Waals surface area contributed by atoms with Crippen molar-refractivity contribution in [3.8, 4) is 0 Å². The average molecular weight is 181 g/mol. The Kier molecular flexibility index (Phi) is 6.73. The lowest BCUT2D eigenvalue weighted by molar-refractivity contribution is 1.20. The Balaban J connectivity index is 0.000000671. The molecule has 0 atom stereocenters. The molecule has 0 aliphatic rings. The zero-order chi connectivity index (χ0) is 10.1. The molecule has 1 aromatic carbocycles. The van der Waals surface area contributed by atoms with Crippen molar-refractivity contribution >= 4 is 11.4 Å². The minimum absolute atomic E-state index is 0.901. The number of hydrogen-bond acceptors (Lipinski definition) is 3. The van der Waals surface area contributed by atoms with Gasteiger partial charge in [-0.3, -0.25) is 5.84 Å². The van der Waals surface area contributed by atoms with Gasteiger partial charge in [0.2, 0.25) is 0 Å². The number of benzene rings is 1. The van der Waals surface area contributed by atoms with Gasteiger partial charge in [-0.25, -0.2) is 0 Å². The van der Waals surface area contributed by atoms with Gasteiger partial charge < -0.3 is 10.7 Å². The van der Waals surface area contributed by atoms with Gasteiger partial charge in [-0.1, -0.05) is 26.0 Å². The molecule has 0 bridgehead atoms. The van der Waals surface area contributed by atoms with Crippen LogP contribution in [0.2, 0.25) is 0 Å². The number of hydrogen-bond donors (Lipinski definition) is 3. The zero-order valence-corrected chi connectivity index (χ0v) is 8.59. The van der Waals surface area contributed by atoms with Crippen LogP contribution < -0.4 is 16.6 Å². The van der Waals surface area contributed by atoms with Crippen molar-refractivity contribution in [2.75, 3.05) is 17.3 Å². The normalized spacial score (nSPS) is 8.31. The third-order valence-corrected chi connectivity index (χ3v) is 1.45. The summed E-state index contributed by atoms with van der Waals surface area (Å²) < 4.78 is 0. The first-order valence-corrected chi connectivity index (χ1v) is 4.68. The molecule has 1 rings (SSSR count). The monoisotopic (exact) mass is 181 g/mol. The predicted octanol–water partition coefficient (Wildman–Crippen LogP) is 2.43. The summed E-state index contributed by atoms with van der Waals surface area (Å²) in [6.07, 6.45) is 0. The van der Waals surface area contributed by atoms with Crippen LogP contribution >= 0.6 is 0 Å². The Labute approximate surface area is 80.3 Å². The fourth-order valence-corrected chi connectivity index (χ4v) is 0.954. The molecule has 0 amide bonds. The van der Waals surface area contributed by atoms with Crippen molar-refractivity contribution in [2.45, 2.75) is 20.8 Å². The van der Waals surface area contributed by atoms with Gasteiger partial charge in [-0.05, 0) is 19.1 Å². The highest BCUT2D eigenvalue weighted by Gasteiger charge is 1.95. The summed E-state index contributed by atoms with van der Waals surface area (Å²) in [7, 11) is 0. The van der Waals surface area contributed by atoms with E-state index >= 15 is 0 Å². The van der Waals surface area contributed by atoms with Gasteiger partial charge in [0.1, 0.15) is 0 Å². The molecular formula is C10H19N3. The highest BCUT2D eigenvalue weighted by Crippen LogP contribution is 2.18. The first kappa shape index (κ1) is 11.8. The van der Waals surface area contributed by atoms with E-state index in [4.69, 9.17) is 5.84 Å². The summed E-state index contributed by atoms with van der Waals surface area (Å²) in [4.78, 5) is 0. The number of rotatable bonds is 3. The minimum Gasteiger partial charge on any atom is -0.384 e. The number of hydrazine groups is 1. The van der Waals surface area contributed by atoms with E-state index in [1.54, 1.807) is 0 Å². The molecule has 0 aliphatic carbocycles. The van der Waals surface area contributed by atoms with Crippen LogP contribution in [0.15, 0.2) is 24.3 Å². The van der Waals surface area contributed by atoms with Crippen molar-refractivity contribution in [2.24, 2.45) is 5.84 Å². The molecule has 3 nitrogen and oxygen atoms in total. The van der Waals surface area contributed by atoms with Crippen LogP contribution in [-0.4, -0.2) is 6.54 Å². The van der Waals surface area contributed by atoms with Gasteiger partial charge in [-0.15, -0.1) is 0 Å². The first-order chi connectivity index (χ1) is 6.38. The largest absolute Gasteiger partial charge is 0.384 e. The van der Waals surface area contributed by atoms with E-state index in [0.29, 0.717) is 0 Å². The number of nitrogen functional groups attached to an aromatic ring is 1. The van der Waals surface area contributed by atoms with Crippen molar-refractivity contribution < 1.29 is 0 Å². The molecule has 0 spiro atoms. The van der Waals surface area contributed by atoms with Crippen LogP contribution in [0.5, 0.6) is 0 Å². The second kappa shape index (κ2) is 7.43. The minimum atomic E-state index is 0.901. The van der Waals surface area contributed by atoms with E-state index in [1.165, 1.54) is 0 Å². The van der Waals surface area contributed by atoms with Crippen LogP contribution in [-0.2, 0) is 0 Å². The van der Waals surface area contributed by atoms with Gasteiger partial charge >= 0.3 is 0 Å². The van der Waals surface area contributed by atoms with Gasteiger partial charge in [-0.2, -0.15) is 0 Å². The third-order valence-electron chi connectivity index (χ3n) is 1.45. The number of nitrogens with two attached hydrogens (primary N) is 1. The molecule has 1 aromatic rings. The first-order valence-electron chi connectivity index (χ1n) is 4.68. The molecule has 0 fully saturated rings. The van der Waals surface area contributed by atoms with E-state index in [0.717, 1.165) is 17.9 Å². The fraction of sp³-hybridized carbons (Fsp3) is 0.400. The topological polar surface area (TPSA) is 50.1 Å². The van der Waals surface area contributed by atoms with Crippen molar-refractivity contribution in [1.29, 1.82) is 0 Å². The maximum absolute atomic E-state index is 5.29. The lowest BCUT2D eigenvalue weighted by Crippen LogP contribution is -2.09. The van der Waals surface area contributed by atoms with Crippen LogP contribution in [0.1, 0.15) is 20.8 Å². The van der Waals surface area contributed by atoms with E-state index in [2.05, 4.69) is 10.7 Å². The Bertz CT molecular complexity index is 223. The SMILES string of the molecule is CC.CCNc1ccccc1NN. The summed E-state index contributed by atoms with van der Waals surface area (Å²) in [6, 6.07) is 7.82. The van der Waals surface area contributed by atoms with Crippen LogP contribution in [0.4, 0.5) is 11.4 Å². The van der Waals surface area contributed by atoms with E-state index in [9.17, 15) is 0 Å². The molecule has 0 unspecified atom stereocenters.